The van der Waals surface area contributed by atoms with Crippen molar-refractivity contribution in [2.75, 3.05) is 20.3 Å². The molecule has 1 atom stereocenters. The molecule has 0 radical (unpaired) electrons. The summed E-state index contributed by atoms with van der Waals surface area (Å²) in [5.74, 6) is -1.92. The number of nitrogens with one attached hydrogen (secondary N) is 1. The lowest BCUT2D eigenvalue weighted by Crippen LogP contribution is -2.44. The number of carbonyl (C=O) groups excluding carboxylic acids is 2. The molecule has 0 aliphatic carbocycles. The van der Waals surface area contributed by atoms with Crippen molar-refractivity contribution in [1.29, 1.82) is 0 Å². The quantitative estimate of drug-likeness (QED) is 0.459. The second-order valence-electron chi connectivity index (χ2n) is 5.66. The van der Waals surface area contributed by atoms with Gasteiger partial charge in [-0.3, -0.25) is 9.59 Å². The summed E-state index contributed by atoms with van der Waals surface area (Å²) in [6.07, 6.45) is -1.58. The number of methoxy groups -OCH3 is 1. The molecule has 0 spiro atoms. The van der Waals surface area contributed by atoms with E-state index in [-0.39, 0.29) is 18.4 Å². The van der Waals surface area contributed by atoms with Crippen molar-refractivity contribution >= 4 is 52.8 Å². The number of hydrogen-bond donors (Lipinski definition) is 2. The molecule has 2 N–H and O–H groups in total. The molecule has 2 rings (SSSR count). The van der Waals surface area contributed by atoms with E-state index in [0.29, 0.717) is 14.9 Å². The number of carboxylic acid groups (broad SMARTS) is 1. The molecule has 1 heterocycles. The molecule has 0 saturated heterocycles. The van der Waals surface area contributed by atoms with Crippen molar-refractivity contribution in [3.8, 4) is 0 Å². The minimum Gasteiger partial charge on any atom is -0.481 e. The molecule has 0 bridgehead atoms. The highest BCUT2D eigenvalue weighted by Crippen LogP contribution is 2.37. The van der Waals surface area contributed by atoms with Crippen LogP contribution in [0.3, 0.4) is 0 Å². The largest absolute Gasteiger partial charge is 0.481 e. The molecule has 2 aromatic rings. The minimum absolute atomic E-state index is 0.0529. The number of ketones is 1. The van der Waals surface area contributed by atoms with Gasteiger partial charge in [-0.05, 0) is 34.3 Å². The Morgan fingerprint density at radius 3 is 2.60 bits per heavy atom. The van der Waals surface area contributed by atoms with Crippen molar-refractivity contribution < 1.29 is 29.0 Å². The summed E-state index contributed by atoms with van der Waals surface area (Å²) in [5, 5.41) is 23.3. The Hall–Kier alpha value is -2.41. The highest BCUT2D eigenvalue weighted by molar-refractivity contribution is 7.99. The number of ether oxygens (including phenoxy) is 2. The van der Waals surface area contributed by atoms with Crippen molar-refractivity contribution in [2.45, 2.75) is 29.1 Å². The smallest absolute Gasteiger partial charge is 0.407 e. The highest BCUT2D eigenvalue weighted by atomic mass is 35.5. The van der Waals surface area contributed by atoms with E-state index in [9.17, 15) is 14.4 Å². The molecule has 1 unspecified atom stereocenters. The van der Waals surface area contributed by atoms with Gasteiger partial charge in [0.1, 0.15) is 19.2 Å². The molecule has 30 heavy (non-hydrogen) atoms. The summed E-state index contributed by atoms with van der Waals surface area (Å²) in [6.45, 7) is -0.294. The van der Waals surface area contributed by atoms with Crippen LogP contribution in [0.15, 0.2) is 28.3 Å². The number of halogens is 2. The van der Waals surface area contributed by atoms with Crippen LogP contribution in [0.2, 0.25) is 10.0 Å². The highest BCUT2D eigenvalue weighted by Gasteiger charge is 2.26. The Balaban J connectivity index is 2.09. The first-order valence-electron chi connectivity index (χ1n) is 8.36. The third kappa shape index (κ3) is 7.13. The minimum atomic E-state index is -1.34. The van der Waals surface area contributed by atoms with Crippen LogP contribution >= 0.6 is 35.0 Å². The van der Waals surface area contributed by atoms with Gasteiger partial charge in [-0.25, -0.2) is 9.48 Å². The van der Waals surface area contributed by atoms with Gasteiger partial charge in [0.2, 0.25) is 5.16 Å². The number of nitrogens with zero attached hydrogens (tertiary/aromatic N) is 4. The summed E-state index contributed by atoms with van der Waals surface area (Å²) in [7, 11) is 1.43. The average Bonchev–Trinajstić information content (AvgIpc) is 3.11. The lowest BCUT2D eigenvalue weighted by atomic mass is 10.1. The predicted molar refractivity (Wildman–Crippen MR) is 106 cm³/mol. The number of tetrazole rings is 1. The molecule has 11 nitrogen and oxygen atoms in total. The molecule has 0 fully saturated rings. The van der Waals surface area contributed by atoms with E-state index in [0.717, 1.165) is 16.4 Å². The monoisotopic (exact) mass is 477 g/mol. The van der Waals surface area contributed by atoms with Crippen LogP contribution in [-0.2, 0) is 25.6 Å². The SMILES string of the molecule is COCCOC(=O)NC(CC(=O)O)C(=O)Cn1nnnc1Sc1c(Cl)cccc1Cl. The van der Waals surface area contributed by atoms with Crippen LogP contribution in [0.4, 0.5) is 4.79 Å². The van der Waals surface area contributed by atoms with Gasteiger partial charge in [-0.15, -0.1) is 5.10 Å². The van der Waals surface area contributed by atoms with Crippen molar-refractivity contribution in [3.63, 3.8) is 0 Å². The van der Waals surface area contributed by atoms with Crippen LogP contribution < -0.4 is 5.32 Å². The van der Waals surface area contributed by atoms with Gasteiger partial charge in [0.05, 0.1) is 28.0 Å². The standard InChI is InChI=1S/C16H17Cl2N5O6S/c1-28-5-6-29-16(27)19-11(7-13(25)26)12(24)8-23-15(20-21-22-23)30-14-9(17)3-2-4-10(14)18/h2-4,11H,5-8H2,1H3,(H,19,27)(H,25,26). The van der Waals surface area contributed by atoms with Crippen LogP contribution in [-0.4, -0.2) is 69.5 Å². The van der Waals surface area contributed by atoms with Gasteiger partial charge in [0.25, 0.3) is 0 Å². The molecule has 0 saturated carbocycles. The molecule has 0 aliphatic rings. The summed E-state index contributed by atoms with van der Waals surface area (Å²) < 4.78 is 10.7. The third-order valence-corrected chi connectivity index (χ3v) is 5.47. The first-order valence-corrected chi connectivity index (χ1v) is 9.93. The summed E-state index contributed by atoms with van der Waals surface area (Å²) in [4.78, 5) is 36.0. The number of amides is 1. The Kier molecular flexibility index (Phi) is 9.30. The lowest BCUT2D eigenvalue weighted by Gasteiger charge is -2.16. The number of Topliss-reactive ketones (excluding diaryl/α,β-unsaturated/α-hetero) is 1. The fraction of sp³-hybridized carbons (Fsp3) is 0.375. The van der Waals surface area contributed by atoms with E-state index >= 15 is 0 Å². The van der Waals surface area contributed by atoms with Gasteiger partial charge in [0, 0.05) is 7.11 Å². The normalized spacial score (nSPS) is 11.7. The van der Waals surface area contributed by atoms with E-state index < -0.39 is 36.9 Å². The predicted octanol–water partition coefficient (Wildman–Crippen LogP) is 1.92. The van der Waals surface area contributed by atoms with E-state index in [2.05, 4.69) is 20.8 Å². The topological polar surface area (TPSA) is 146 Å². The fourth-order valence-electron chi connectivity index (χ4n) is 2.12. The molecule has 162 valence electrons. The van der Waals surface area contributed by atoms with Crippen LogP contribution in [0.5, 0.6) is 0 Å². The maximum Gasteiger partial charge on any atom is 0.407 e. The average molecular weight is 478 g/mol. The summed E-state index contributed by atoms with van der Waals surface area (Å²) >= 11 is 13.3. The molecule has 1 aromatic heterocycles. The van der Waals surface area contributed by atoms with Gasteiger partial charge in [-0.2, -0.15) is 0 Å². The second-order valence-corrected chi connectivity index (χ2v) is 7.45. The van der Waals surface area contributed by atoms with E-state index in [1.165, 1.54) is 7.11 Å². The van der Waals surface area contributed by atoms with E-state index in [1.54, 1.807) is 18.2 Å². The van der Waals surface area contributed by atoms with Gasteiger partial charge < -0.3 is 19.9 Å². The van der Waals surface area contributed by atoms with Crippen molar-refractivity contribution in [3.05, 3.63) is 28.2 Å². The van der Waals surface area contributed by atoms with Crippen LogP contribution in [0, 0.1) is 0 Å². The molecule has 0 aliphatic heterocycles. The number of aliphatic carboxylic acids is 1. The molecule has 1 amide bonds. The number of aromatic nitrogens is 4. The number of alkyl carbamates (subject to hydrolysis) is 1. The second kappa shape index (κ2) is 11.7. The number of carboxylic acids is 1. The van der Waals surface area contributed by atoms with Crippen LogP contribution in [0.1, 0.15) is 6.42 Å². The number of benzene rings is 1. The maximum atomic E-state index is 12.6. The Labute approximate surface area is 185 Å². The van der Waals surface area contributed by atoms with Crippen molar-refractivity contribution in [1.82, 2.24) is 25.5 Å². The molecule has 1 aromatic carbocycles. The van der Waals surface area contributed by atoms with E-state index in [4.69, 9.17) is 37.8 Å². The number of rotatable bonds is 11. The van der Waals surface area contributed by atoms with Crippen molar-refractivity contribution in [2.24, 2.45) is 0 Å². The number of hydrogen-bond acceptors (Lipinski definition) is 9. The third-order valence-electron chi connectivity index (χ3n) is 3.50. The van der Waals surface area contributed by atoms with Gasteiger partial charge in [0.15, 0.2) is 5.78 Å². The Morgan fingerprint density at radius 2 is 1.97 bits per heavy atom. The number of carbonyl (C=O) groups is 3. The fourth-order valence-corrected chi connectivity index (χ4v) is 3.55. The molecular weight excluding hydrogens is 461 g/mol. The lowest BCUT2D eigenvalue weighted by molar-refractivity contribution is -0.139. The van der Waals surface area contributed by atoms with Gasteiger partial charge in [-0.1, -0.05) is 29.3 Å². The zero-order valence-corrected chi connectivity index (χ0v) is 17.9. The Bertz CT molecular complexity index is 892. The Morgan fingerprint density at radius 1 is 1.27 bits per heavy atom. The molecule has 14 heteroatoms. The van der Waals surface area contributed by atoms with Crippen LogP contribution in [0.25, 0.3) is 0 Å². The molecular formula is C16H17Cl2N5O6S. The van der Waals surface area contributed by atoms with E-state index in [1.807, 2.05) is 0 Å². The first kappa shape index (κ1) is 23.9. The maximum absolute atomic E-state index is 12.6. The van der Waals surface area contributed by atoms with Gasteiger partial charge >= 0.3 is 12.1 Å². The summed E-state index contributed by atoms with van der Waals surface area (Å²) in [5.41, 5.74) is 0. The first-order chi connectivity index (χ1) is 14.3. The zero-order valence-electron chi connectivity index (χ0n) is 15.6. The zero-order chi connectivity index (χ0) is 22.1. The summed E-state index contributed by atoms with van der Waals surface area (Å²) in [6, 6.07) is 3.60.